The van der Waals surface area contributed by atoms with E-state index in [1.165, 1.54) is 6.92 Å². The van der Waals surface area contributed by atoms with Crippen molar-refractivity contribution < 1.29 is 14.4 Å². The molecule has 0 aromatic heterocycles. The van der Waals surface area contributed by atoms with Gasteiger partial charge in [-0.1, -0.05) is 13.8 Å². The number of hydrogen-bond donors (Lipinski definition) is 3. The standard InChI is InChI=1S/C21H25N3O3/c1-4-15(5-2)20(26)23-18-8-6-16(7-9-18)21(27)24-19-12-10-17(11-13-19)22-14(3)25/h6-13,15H,4-5H2,1-3H3,(H,22,25)(H,23,26)(H,24,27). The van der Waals surface area contributed by atoms with Crippen LogP contribution in [0.2, 0.25) is 0 Å². The zero-order chi connectivity index (χ0) is 19.8. The maximum absolute atomic E-state index is 12.3. The average molecular weight is 367 g/mol. The van der Waals surface area contributed by atoms with Gasteiger partial charge in [-0.3, -0.25) is 14.4 Å². The fourth-order valence-corrected chi connectivity index (χ4v) is 2.65. The lowest BCUT2D eigenvalue weighted by molar-refractivity contribution is -0.120. The van der Waals surface area contributed by atoms with Gasteiger partial charge >= 0.3 is 0 Å². The first-order valence-corrected chi connectivity index (χ1v) is 9.02. The van der Waals surface area contributed by atoms with Crippen LogP contribution in [0, 0.1) is 5.92 Å². The van der Waals surface area contributed by atoms with E-state index < -0.39 is 0 Å². The molecule has 0 aliphatic heterocycles. The molecule has 6 heteroatoms. The molecule has 2 aromatic rings. The van der Waals surface area contributed by atoms with Crippen LogP contribution in [0.25, 0.3) is 0 Å². The van der Waals surface area contributed by atoms with Crippen LogP contribution in [0.4, 0.5) is 17.1 Å². The van der Waals surface area contributed by atoms with Gasteiger partial charge in [-0.2, -0.15) is 0 Å². The molecule has 0 saturated heterocycles. The van der Waals surface area contributed by atoms with Crippen LogP contribution in [0.5, 0.6) is 0 Å². The predicted molar refractivity (Wildman–Crippen MR) is 108 cm³/mol. The SMILES string of the molecule is CCC(CC)C(=O)Nc1ccc(C(=O)Nc2ccc(NC(C)=O)cc2)cc1. The van der Waals surface area contributed by atoms with Crippen molar-refractivity contribution in [3.05, 3.63) is 54.1 Å². The number of benzene rings is 2. The number of hydrogen-bond acceptors (Lipinski definition) is 3. The van der Waals surface area contributed by atoms with Gasteiger partial charge in [-0.25, -0.2) is 0 Å². The van der Waals surface area contributed by atoms with E-state index in [1.54, 1.807) is 48.5 Å². The van der Waals surface area contributed by atoms with Gasteiger partial charge in [0.2, 0.25) is 11.8 Å². The molecule has 0 atom stereocenters. The summed E-state index contributed by atoms with van der Waals surface area (Å²) in [7, 11) is 0. The highest BCUT2D eigenvalue weighted by atomic mass is 16.2. The van der Waals surface area contributed by atoms with E-state index in [-0.39, 0.29) is 23.6 Å². The Bertz CT molecular complexity index is 794. The predicted octanol–water partition coefficient (Wildman–Crippen LogP) is 4.27. The summed E-state index contributed by atoms with van der Waals surface area (Å²) in [5, 5.41) is 8.34. The maximum Gasteiger partial charge on any atom is 0.255 e. The Morgan fingerprint density at radius 3 is 1.67 bits per heavy atom. The Morgan fingerprint density at radius 2 is 1.19 bits per heavy atom. The van der Waals surface area contributed by atoms with E-state index >= 15 is 0 Å². The molecular formula is C21H25N3O3. The van der Waals surface area contributed by atoms with Crippen LogP contribution in [-0.4, -0.2) is 17.7 Å². The molecule has 27 heavy (non-hydrogen) atoms. The van der Waals surface area contributed by atoms with E-state index in [1.807, 2.05) is 13.8 Å². The van der Waals surface area contributed by atoms with Gasteiger partial charge < -0.3 is 16.0 Å². The minimum Gasteiger partial charge on any atom is -0.326 e. The monoisotopic (exact) mass is 367 g/mol. The van der Waals surface area contributed by atoms with Crippen LogP contribution in [0.1, 0.15) is 44.0 Å². The Kier molecular flexibility index (Phi) is 7.11. The van der Waals surface area contributed by atoms with Crippen LogP contribution in [-0.2, 0) is 9.59 Å². The van der Waals surface area contributed by atoms with Crippen molar-refractivity contribution in [3.63, 3.8) is 0 Å². The first-order valence-electron chi connectivity index (χ1n) is 9.02. The van der Waals surface area contributed by atoms with Gasteiger partial charge in [0.1, 0.15) is 0 Å². The highest BCUT2D eigenvalue weighted by Crippen LogP contribution is 2.17. The topological polar surface area (TPSA) is 87.3 Å². The van der Waals surface area contributed by atoms with Gasteiger partial charge in [0.25, 0.3) is 5.91 Å². The Balaban J connectivity index is 1.97. The van der Waals surface area contributed by atoms with Crippen molar-refractivity contribution in [3.8, 4) is 0 Å². The molecule has 0 saturated carbocycles. The fourth-order valence-electron chi connectivity index (χ4n) is 2.65. The van der Waals surface area contributed by atoms with E-state index in [0.29, 0.717) is 22.6 Å². The third kappa shape index (κ3) is 5.95. The summed E-state index contributed by atoms with van der Waals surface area (Å²) in [6, 6.07) is 13.6. The van der Waals surface area contributed by atoms with Crippen LogP contribution < -0.4 is 16.0 Å². The molecule has 0 fully saturated rings. The lowest BCUT2D eigenvalue weighted by Gasteiger charge is -2.13. The zero-order valence-corrected chi connectivity index (χ0v) is 15.8. The van der Waals surface area contributed by atoms with E-state index in [4.69, 9.17) is 0 Å². The van der Waals surface area contributed by atoms with Gasteiger partial charge in [-0.15, -0.1) is 0 Å². The number of rotatable bonds is 7. The number of carbonyl (C=O) groups excluding carboxylic acids is 3. The first kappa shape index (κ1) is 20.2. The van der Waals surface area contributed by atoms with Crippen molar-refractivity contribution >= 4 is 34.8 Å². The Hall–Kier alpha value is -3.15. The van der Waals surface area contributed by atoms with Crippen LogP contribution >= 0.6 is 0 Å². The van der Waals surface area contributed by atoms with Gasteiger partial charge in [-0.05, 0) is 61.4 Å². The molecule has 3 N–H and O–H groups in total. The summed E-state index contributed by atoms with van der Waals surface area (Å²) < 4.78 is 0. The van der Waals surface area contributed by atoms with E-state index in [0.717, 1.165) is 12.8 Å². The highest BCUT2D eigenvalue weighted by Gasteiger charge is 2.14. The maximum atomic E-state index is 12.3. The summed E-state index contributed by atoms with van der Waals surface area (Å²) in [4.78, 5) is 35.5. The Labute approximate surface area is 159 Å². The van der Waals surface area contributed by atoms with Crippen molar-refractivity contribution in [2.24, 2.45) is 5.92 Å². The summed E-state index contributed by atoms with van der Waals surface area (Å²) in [5.74, 6) is -0.409. The number of nitrogens with one attached hydrogen (secondary N) is 3. The third-order valence-corrected chi connectivity index (χ3v) is 4.23. The van der Waals surface area contributed by atoms with Crippen molar-refractivity contribution in [1.82, 2.24) is 0 Å². The smallest absolute Gasteiger partial charge is 0.255 e. The minimum absolute atomic E-state index is 0.00328. The third-order valence-electron chi connectivity index (χ3n) is 4.23. The molecule has 3 amide bonds. The summed E-state index contributed by atoms with van der Waals surface area (Å²) in [6.45, 7) is 5.42. The molecule has 0 unspecified atom stereocenters. The molecule has 0 heterocycles. The largest absolute Gasteiger partial charge is 0.326 e. The molecule has 142 valence electrons. The summed E-state index contributed by atoms with van der Waals surface area (Å²) in [5.41, 5.74) is 2.45. The van der Waals surface area contributed by atoms with Gasteiger partial charge in [0, 0.05) is 35.5 Å². The summed E-state index contributed by atoms with van der Waals surface area (Å²) >= 11 is 0. The molecule has 0 aliphatic rings. The van der Waals surface area contributed by atoms with Crippen LogP contribution in [0.15, 0.2) is 48.5 Å². The van der Waals surface area contributed by atoms with E-state index in [9.17, 15) is 14.4 Å². The average Bonchev–Trinajstić information content (AvgIpc) is 2.64. The van der Waals surface area contributed by atoms with Crippen molar-refractivity contribution in [1.29, 1.82) is 0 Å². The second kappa shape index (κ2) is 9.52. The second-order valence-electron chi connectivity index (χ2n) is 6.29. The van der Waals surface area contributed by atoms with Gasteiger partial charge in [0.05, 0.1) is 0 Å². The van der Waals surface area contributed by atoms with Gasteiger partial charge in [0.15, 0.2) is 0 Å². The normalized spacial score (nSPS) is 10.4. The zero-order valence-electron chi connectivity index (χ0n) is 15.8. The Morgan fingerprint density at radius 1 is 0.741 bits per heavy atom. The van der Waals surface area contributed by atoms with E-state index in [2.05, 4.69) is 16.0 Å². The molecule has 0 radical (unpaired) electrons. The number of carbonyl (C=O) groups is 3. The first-order chi connectivity index (χ1) is 12.9. The molecular weight excluding hydrogens is 342 g/mol. The fraction of sp³-hybridized carbons (Fsp3) is 0.286. The summed E-state index contributed by atoms with van der Waals surface area (Å²) in [6.07, 6.45) is 1.59. The molecule has 2 rings (SSSR count). The minimum atomic E-state index is -0.250. The molecule has 2 aromatic carbocycles. The van der Waals surface area contributed by atoms with Crippen molar-refractivity contribution in [2.75, 3.05) is 16.0 Å². The quantitative estimate of drug-likeness (QED) is 0.683. The van der Waals surface area contributed by atoms with Crippen molar-refractivity contribution in [2.45, 2.75) is 33.6 Å². The highest BCUT2D eigenvalue weighted by molar-refractivity contribution is 6.04. The lowest BCUT2D eigenvalue weighted by Crippen LogP contribution is -2.21. The number of amides is 3. The molecule has 6 nitrogen and oxygen atoms in total. The lowest BCUT2D eigenvalue weighted by atomic mass is 10.0. The second-order valence-corrected chi connectivity index (χ2v) is 6.29. The molecule has 0 spiro atoms. The molecule has 0 bridgehead atoms. The molecule has 0 aliphatic carbocycles. The number of anilines is 3. The van der Waals surface area contributed by atoms with Crippen LogP contribution in [0.3, 0.4) is 0 Å².